The predicted octanol–water partition coefficient (Wildman–Crippen LogP) is 4.91. The second kappa shape index (κ2) is 9.30. The van der Waals surface area contributed by atoms with Gasteiger partial charge in [-0.05, 0) is 38.0 Å². The van der Waals surface area contributed by atoms with Crippen molar-refractivity contribution in [3.8, 4) is 0 Å². The fourth-order valence-electron chi connectivity index (χ4n) is 3.01. The Balaban J connectivity index is 2.27. The normalized spacial score (nSPS) is 16.1. The summed E-state index contributed by atoms with van der Waals surface area (Å²) in [5, 5.41) is 4.10. The number of halogens is 4. The summed E-state index contributed by atoms with van der Waals surface area (Å²) in [6.07, 6.45) is 0.580. The highest BCUT2D eigenvalue weighted by Crippen LogP contribution is 2.34. The van der Waals surface area contributed by atoms with E-state index in [2.05, 4.69) is 10.5 Å². The van der Waals surface area contributed by atoms with Gasteiger partial charge in [0.2, 0.25) is 5.84 Å². The van der Waals surface area contributed by atoms with Crippen molar-refractivity contribution >= 4 is 29.1 Å². The molecule has 1 saturated carbocycles. The van der Waals surface area contributed by atoms with Crippen LogP contribution in [-0.2, 0) is 15.7 Å². The largest absolute Gasteiger partial charge is 0.460 e. The molecule has 1 N–H and O–H groups in total. The van der Waals surface area contributed by atoms with E-state index in [9.17, 15) is 18.0 Å². The first-order chi connectivity index (χ1) is 12.7. The Labute approximate surface area is 161 Å². The van der Waals surface area contributed by atoms with Crippen molar-refractivity contribution in [2.24, 2.45) is 5.10 Å². The summed E-state index contributed by atoms with van der Waals surface area (Å²) in [5.74, 6) is -0.626. The molecule has 0 atom stereocenters. The Bertz CT molecular complexity index is 689. The SMILES string of the molecule is CCOC(=O)C(=NNc1cc(C(F)(F)F)ccc1Cl)N(C)C1CCCCC1. The molecule has 0 amide bonds. The number of anilines is 1. The van der Waals surface area contributed by atoms with Gasteiger partial charge in [0.15, 0.2) is 0 Å². The highest BCUT2D eigenvalue weighted by molar-refractivity contribution is 6.35. The summed E-state index contributed by atoms with van der Waals surface area (Å²) in [6, 6.07) is 3.00. The number of hydrogen-bond acceptors (Lipinski definition) is 4. The standard InChI is InChI=1S/C18H23ClF3N3O2/c1-3-27-17(26)16(25(2)13-7-5-4-6-8-13)24-23-15-11-12(18(20,21)22)9-10-14(15)19/h9-11,13,23H,3-8H2,1-2H3. The number of likely N-dealkylation sites (N-methyl/N-ethyl adjacent to an activating group) is 1. The number of carbonyl (C=O) groups excluding carboxylic acids is 1. The lowest BCUT2D eigenvalue weighted by Crippen LogP contribution is -2.43. The van der Waals surface area contributed by atoms with E-state index in [0.717, 1.165) is 50.3 Å². The quantitative estimate of drug-likeness (QED) is 0.334. The fourth-order valence-corrected chi connectivity index (χ4v) is 3.17. The van der Waals surface area contributed by atoms with Crippen LogP contribution in [0, 0.1) is 0 Å². The smallest absolute Gasteiger partial charge is 0.416 e. The molecule has 0 unspecified atom stereocenters. The maximum Gasteiger partial charge on any atom is 0.416 e. The molecular formula is C18H23ClF3N3O2. The van der Waals surface area contributed by atoms with Crippen molar-refractivity contribution in [1.29, 1.82) is 0 Å². The first-order valence-corrected chi connectivity index (χ1v) is 9.22. The van der Waals surface area contributed by atoms with Crippen LogP contribution in [0.15, 0.2) is 23.3 Å². The molecule has 1 fully saturated rings. The van der Waals surface area contributed by atoms with E-state index in [1.54, 1.807) is 18.9 Å². The van der Waals surface area contributed by atoms with Gasteiger partial charge >= 0.3 is 12.1 Å². The molecule has 1 aliphatic carbocycles. The molecule has 0 heterocycles. The van der Waals surface area contributed by atoms with Gasteiger partial charge in [-0.15, -0.1) is 5.10 Å². The van der Waals surface area contributed by atoms with Crippen molar-refractivity contribution in [3.63, 3.8) is 0 Å². The van der Waals surface area contributed by atoms with Crippen molar-refractivity contribution in [2.75, 3.05) is 19.1 Å². The number of rotatable bonds is 4. The van der Waals surface area contributed by atoms with Crippen molar-refractivity contribution in [3.05, 3.63) is 28.8 Å². The summed E-state index contributed by atoms with van der Waals surface area (Å²) < 4.78 is 43.8. The van der Waals surface area contributed by atoms with Gasteiger partial charge in [-0.2, -0.15) is 13.2 Å². The van der Waals surface area contributed by atoms with E-state index in [4.69, 9.17) is 16.3 Å². The number of nitrogens with one attached hydrogen (secondary N) is 1. The number of benzene rings is 1. The Morgan fingerprint density at radius 2 is 2.00 bits per heavy atom. The van der Waals surface area contributed by atoms with E-state index < -0.39 is 17.7 Å². The topological polar surface area (TPSA) is 53.9 Å². The summed E-state index contributed by atoms with van der Waals surface area (Å²) >= 11 is 5.97. The summed E-state index contributed by atoms with van der Waals surface area (Å²) in [4.78, 5) is 14.0. The van der Waals surface area contributed by atoms with Crippen molar-refractivity contribution < 1.29 is 22.7 Å². The molecule has 0 aromatic heterocycles. The summed E-state index contributed by atoms with van der Waals surface area (Å²) in [5.41, 5.74) is 1.60. The van der Waals surface area contributed by atoms with Crippen LogP contribution < -0.4 is 5.43 Å². The van der Waals surface area contributed by atoms with E-state index >= 15 is 0 Å². The second-order valence-corrected chi connectivity index (χ2v) is 6.77. The number of hydrogen-bond donors (Lipinski definition) is 1. The van der Waals surface area contributed by atoms with Gasteiger partial charge in [-0.25, -0.2) is 4.79 Å². The molecule has 1 aromatic carbocycles. The van der Waals surface area contributed by atoms with Gasteiger partial charge in [0, 0.05) is 13.1 Å². The molecule has 5 nitrogen and oxygen atoms in total. The lowest BCUT2D eigenvalue weighted by atomic mass is 9.94. The maximum absolute atomic E-state index is 12.9. The number of amidine groups is 1. The number of nitrogens with zero attached hydrogens (tertiary/aromatic N) is 2. The monoisotopic (exact) mass is 405 g/mol. The predicted molar refractivity (Wildman–Crippen MR) is 98.8 cm³/mol. The molecule has 27 heavy (non-hydrogen) atoms. The molecule has 0 saturated heterocycles. The molecule has 150 valence electrons. The van der Waals surface area contributed by atoms with Gasteiger partial charge in [0.05, 0.1) is 22.9 Å². The third-order valence-corrected chi connectivity index (χ3v) is 4.82. The first-order valence-electron chi connectivity index (χ1n) is 8.84. The van der Waals surface area contributed by atoms with Crippen molar-refractivity contribution in [2.45, 2.75) is 51.2 Å². The van der Waals surface area contributed by atoms with Crippen LogP contribution in [0.25, 0.3) is 0 Å². The maximum atomic E-state index is 12.9. The van der Waals surface area contributed by atoms with Gasteiger partial charge in [0.1, 0.15) is 0 Å². The Morgan fingerprint density at radius 3 is 2.59 bits per heavy atom. The lowest BCUT2D eigenvalue weighted by Gasteiger charge is -2.32. The molecule has 0 bridgehead atoms. The minimum atomic E-state index is -4.51. The highest BCUT2D eigenvalue weighted by atomic mass is 35.5. The van der Waals surface area contributed by atoms with Crippen molar-refractivity contribution in [1.82, 2.24) is 4.90 Å². The van der Waals surface area contributed by atoms with Gasteiger partial charge in [-0.1, -0.05) is 30.9 Å². The average Bonchev–Trinajstić information content (AvgIpc) is 2.63. The minimum absolute atomic E-state index is 0.0113. The number of ether oxygens (including phenoxy) is 1. The number of esters is 1. The van der Waals surface area contributed by atoms with Crippen LogP contribution in [0.3, 0.4) is 0 Å². The zero-order valence-corrected chi connectivity index (χ0v) is 16.0. The fraction of sp³-hybridized carbons (Fsp3) is 0.556. The zero-order chi connectivity index (χ0) is 20.0. The van der Waals surface area contributed by atoms with E-state index in [0.29, 0.717) is 0 Å². The van der Waals surface area contributed by atoms with Crippen LogP contribution in [0.1, 0.15) is 44.6 Å². The molecule has 0 spiro atoms. The third kappa shape index (κ3) is 5.76. The van der Waals surface area contributed by atoms with Crippen LogP contribution >= 0.6 is 11.6 Å². The molecule has 2 rings (SSSR count). The number of hydrazone groups is 1. The third-order valence-electron chi connectivity index (χ3n) is 4.49. The van der Waals surface area contributed by atoms with Crippen LogP contribution in [-0.4, -0.2) is 36.4 Å². The van der Waals surface area contributed by atoms with E-state index in [-0.39, 0.29) is 29.2 Å². The molecule has 0 radical (unpaired) electrons. The van der Waals surface area contributed by atoms with Gasteiger partial charge < -0.3 is 9.64 Å². The number of carbonyl (C=O) groups is 1. The highest BCUT2D eigenvalue weighted by Gasteiger charge is 2.31. The molecular weight excluding hydrogens is 383 g/mol. The lowest BCUT2D eigenvalue weighted by molar-refractivity contribution is -0.138. The average molecular weight is 406 g/mol. The van der Waals surface area contributed by atoms with Gasteiger partial charge in [-0.3, -0.25) is 5.43 Å². The number of alkyl halides is 3. The molecule has 9 heteroatoms. The summed E-state index contributed by atoms with van der Waals surface area (Å²) in [6.45, 7) is 1.84. The second-order valence-electron chi connectivity index (χ2n) is 6.36. The zero-order valence-electron chi connectivity index (χ0n) is 15.3. The Morgan fingerprint density at radius 1 is 1.33 bits per heavy atom. The minimum Gasteiger partial charge on any atom is -0.460 e. The Kier molecular flexibility index (Phi) is 7.35. The molecule has 1 aliphatic rings. The van der Waals surface area contributed by atoms with Crippen LogP contribution in [0.5, 0.6) is 0 Å². The molecule has 1 aromatic rings. The van der Waals surface area contributed by atoms with E-state index in [1.807, 2.05) is 0 Å². The van der Waals surface area contributed by atoms with E-state index in [1.165, 1.54) is 0 Å². The van der Waals surface area contributed by atoms with Gasteiger partial charge in [0.25, 0.3) is 0 Å². The Hall–Kier alpha value is -1.96. The molecule has 0 aliphatic heterocycles. The first kappa shape index (κ1) is 21.3. The summed E-state index contributed by atoms with van der Waals surface area (Å²) in [7, 11) is 1.74. The van der Waals surface area contributed by atoms with Crippen LogP contribution in [0.4, 0.5) is 18.9 Å². The van der Waals surface area contributed by atoms with Crippen LogP contribution in [0.2, 0.25) is 5.02 Å².